The van der Waals surface area contributed by atoms with Crippen LogP contribution in [0.3, 0.4) is 0 Å². The van der Waals surface area contributed by atoms with Crippen LogP contribution in [0.2, 0.25) is 0 Å². The van der Waals surface area contributed by atoms with Crippen LogP contribution in [0.1, 0.15) is 48.0 Å². The maximum Gasteiger partial charge on any atom is 0.262 e. The number of hydrogen-bond acceptors (Lipinski definition) is 4. The van der Waals surface area contributed by atoms with Crippen LogP contribution in [0.25, 0.3) is 0 Å². The van der Waals surface area contributed by atoms with Gasteiger partial charge in [-0.2, -0.15) is 5.10 Å². The second-order valence-electron chi connectivity index (χ2n) is 8.33. The summed E-state index contributed by atoms with van der Waals surface area (Å²) in [7, 11) is -3.78. The lowest BCUT2D eigenvalue weighted by molar-refractivity contribution is 0.102. The summed E-state index contributed by atoms with van der Waals surface area (Å²) in [6, 6.07) is 13.4. The van der Waals surface area contributed by atoms with Crippen molar-refractivity contribution in [3.05, 3.63) is 70.9 Å². The highest BCUT2D eigenvalue weighted by atomic mass is 32.2. The number of nitrogens with zero attached hydrogens (tertiary/aromatic N) is 1. The van der Waals surface area contributed by atoms with Crippen LogP contribution < -0.4 is 10.0 Å². The third-order valence-corrected chi connectivity index (χ3v) is 6.16. The predicted octanol–water partition coefficient (Wildman–Crippen LogP) is 4.38. The quantitative estimate of drug-likeness (QED) is 0.563. The summed E-state index contributed by atoms with van der Waals surface area (Å²) in [6.07, 6.45) is 0. The van der Waals surface area contributed by atoms with Crippen LogP contribution in [0, 0.1) is 13.8 Å². The summed E-state index contributed by atoms with van der Waals surface area (Å²) in [5.41, 5.74) is 2.89. The maximum atomic E-state index is 12.8. The van der Waals surface area contributed by atoms with Crippen LogP contribution >= 0.6 is 0 Å². The number of rotatable bonds is 5. The van der Waals surface area contributed by atoms with E-state index in [1.807, 2.05) is 33.8 Å². The lowest BCUT2D eigenvalue weighted by Crippen LogP contribution is -2.16. The van der Waals surface area contributed by atoms with Crippen molar-refractivity contribution in [3.8, 4) is 0 Å². The van der Waals surface area contributed by atoms with Gasteiger partial charge in [0.1, 0.15) is 0 Å². The lowest BCUT2D eigenvalue weighted by atomic mass is 9.92. The van der Waals surface area contributed by atoms with E-state index in [-0.39, 0.29) is 16.2 Å². The number of amides is 1. The van der Waals surface area contributed by atoms with E-state index in [0.29, 0.717) is 22.6 Å². The first-order valence-electron chi connectivity index (χ1n) is 9.53. The molecule has 3 N–H and O–H groups in total. The van der Waals surface area contributed by atoms with Gasteiger partial charge in [-0.3, -0.25) is 14.6 Å². The lowest BCUT2D eigenvalue weighted by Gasteiger charge is -2.14. The Morgan fingerprint density at radius 1 is 1.03 bits per heavy atom. The normalized spacial score (nSPS) is 11.9. The number of aryl methyl sites for hydroxylation is 2. The minimum absolute atomic E-state index is 0.123. The predicted molar refractivity (Wildman–Crippen MR) is 118 cm³/mol. The largest absolute Gasteiger partial charge is 0.305 e. The van der Waals surface area contributed by atoms with Crippen molar-refractivity contribution in [1.29, 1.82) is 0 Å². The van der Waals surface area contributed by atoms with Crippen LogP contribution in [0.5, 0.6) is 0 Å². The van der Waals surface area contributed by atoms with Gasteiger partial charge in [0.25, 0.3) is 15.9 Å². The molecule has 1 aromatic heterocycles. The number of anilines is 2. The zero-order valence-electron chi connectivity index (χ0n) is 17.7. The molecule has 0 aliphatic rings. The molecule has 0 saturated carbocycles. The number of H-pyrrole nitrogens is 1. The molecule has 0 fully saturated rings. The molecule has 0 aliphatic carbocycles. The van der Waals surface area contributed by atoms with E-state index in [1.165, 1.54) is 6.07 Å². The van der Waals surface area contributed by atoms with Gasteiger partial charge >= 0.3 is 0 Å². The van der Waals surface area contributed by atoms with Crippen LogP contribution in [-0.4, -0.2) is 24.5 Å². The SMILES string of the molecule is Cc1ccc(C)c(S(=O)(=O)Nc2cccc(C(=O)Nc3cc(C(C)(C)C)[nH]n3)c2)c1. The molecule has 0 unspecified atom stereocenters. The molecule has 0 spiro atoms. The molecule has 0 bridgehead atoms. The average molecular weight is 427 g/mol. The molecule has 3 aromatic rings. The smallest absolute Gasteiger partial charge is 0.262 e. The molecular formula is C22H26N4O3S. The summed E-state index contributed by atoms with van der Waals surface area (Å²) in [5, 5.41) is 9.77. The van der Waals surface area contributed by atoms with Crippen LogP contribution in [0.15, 0.2) is 53.4 Å². The number of carbonyl (C=O) groups is 1. The highest BCUT2D eigenvalue weighted by Crippen LogP contribution is 2.23. The first-order chi connectivity index (χ1) is 14.0. The Hall–Kier alpha value is -3.13. The molecule has 0 aliphatic heterocycles. The first-order valence-corrected chi connectivity index (χ1v) is 11.0. The summed E-state index contributed by atoms with van der Waals surface area (Å²) >= 11 is 0. The fourth-order valence-corrected chi connectivity index (χ4v) is 4.27. The third kappa shape index (κ3) is 4.88. The summed E-state index contributed by atoms with van der Waals surface area (Å²) in [5.74, 6) is 0.0287. The number of sulfonamides is 1. The van der Waals surface area contributed by atoms with E-state index in [2.05, 4.69) is 20.2 Å². The Morgan fingerprint density at radius 2 is 1.77 bits per heavy atom. The van der Waals surface area contributed by atoms with E-state index < -0.39 is 10.0 Å². The second kappa shape index (κ2) is 7.95. The minimum atomic E-state index is -3.78. The number of aromatic nitrogens is 2. The fourth-order valence-electron chi connectivity index (χ4n) is 2.89. The number of nitrogens with one attached hydrogen (secondary N) is 3. The molecule has 0 radical (unpaired) electrons. The molecule has 0 atom stereocenters. The van der Waals surface area contributed by atoms with Gasteiger partial charge in [-0.05, 0) is 49.2 Å². The number of carbonyl (C=O) groups excluding carboxylic acids is 1. The second-order valence-corrected chi connectivity index (χ2v) is 9.98. The van der Waals surface area contributed by atoms with Gasteiger partial charge in [0.2, 0.25) is 0 Å². The number of hydrogen-bond donors (Lipinski definition) is 3. The van der Waals surface area contributed by atoms with Crippen molar-refractivity contribution in [2.75, 3.05) is 10.0 Å². The van der Waals surface area contributed by atoms with E-state index in [4.69, 9.17) is 0 Å². The van der Waals surface area contributed by atoms with Gasteiger partial charge in [0.05, 0.1) is 4.90 Å². The third-order valence-electron chi connectivity index (χ3n) is 4.64. The molecule has 1 amide bonds. The number of aromatic amines is 1. The molecule has 3 rings (SSSR count). The molecule has 2 aromatic carbocycles. The maximum absolute atomic E-state index is 12.8. The first kappa shape index (κ1) is 21.6. The van der Waals surface area contributed by atoms with Gasteiger partial charge in [-0.15, -0.1) is 0 Å². The highest BCUT2D eigenvalue weighted by Gasteiger charge is 2.19. The van der Waals surface area contributed by atoms with Crippen molar-refractivity contribution in [2.24, 2.45) is 0 Å². The Bertz CT molecular complexity index is 1190. The average Bonchev–Trinajstić information content (AvgIpc) is 3.12. The summed E-state index contributed by atoms with van der Waals surface area (Å²) in [4.78, 5) is 12.8. The van der Waals surface area contributed by atoms with E-state index in [0.717, 1.165) is 11.3 Å². The van der Waals surface area contributed by atoms with Crippen LogP contribution in [0.4, 0.5) is 11.5 Å². The van der Waals surface area contributed by atoms with Crippen molar-refractivity contribution in [3.63, 3.8) is 0 Å². The van der Waals surface area contributed by atoms with Crippen molar-refractivity contribution < 1.29 is 13.2 Å². The molecule has 8 heteroatoms. The Labute approximate surface area is 177 Å². The summed E-state index contributed by atoms with van der Waals surface area (Å²) in [6.45, 7) is 9.70. The fraction of sp³-hybridized carbons (Fsp3) is 0.273. The molecule has 0 saturated heterocycles. The highest BCUT2D eigenvalue weighted by molar-refractivity contribution is 7.92. The number of benzene rings is 2. The Morgan fingerprint density at radius 3 is 2.43 bits per heavy atom. The zero-order chi connectivity index (χ0) is 22.1. The standard InChI is InChI=1S/C22H26N4O3S/c1-14-9-10-15(2)18(11-14)30(28,29)26-17-8-6-7-16(12-17)21(27)23-20-13-19(24-25-20)22(3,4)5/h6-13,26H,1-5H3,(H2,23,24,25,27). The van der Waals surface area contributed by atoms with Crippen molar-refractivity contribution in [1.82, 2.24) is 10.2 Å². The van der Waals surface area contributed by atoms with E-state index in [1.54, 1.807) is 43.3 Å². The molecule has 158 valence electrons. The molecular weight excluding hydrogens is 400 g/mol. The monoisotopic (exact) mass is 426 g/mol. The van der Waals surface area contributed by atoms with Crippen molar-refractivity contribution >= 4 is 27.4 Å². The van der Waals surface area contributed by atoms with Crippen molar-refractivity contribution in [2.45, 2.75) is 44.9 Å². The van der Waals surface area contributed by atoms with Gasteiger partial charge in [0, 0.05) is 28.4 Å². The van der Waals surface area contributed by atoms with Gasteiger partial charge < -0.3 is 5.32 Å². The summed E-state index contributed by atoms with van der Waals surface area (Å²) < 4.78 is 28.2. The Kier molecular flexibility index (Phi) is 5.72. The molecule has 7 nitrogen and oxygen atoms in total. The zero-order valence-corrected chi connectivity index (χ0v) is 18.5. The Balaban J connectivity index is 1.79. The van der Waals surface area contributed by atoms with E-state index in [9.17, 15) is 13.2 Å². The topological polar surface area (TPSA) is 104 Å². The van der Waals surface area contributed by atoms with Gasteiger partial charge in [-0.25, -0.2) is 8.42 Å². The van der Waals surface area contributed by atoms with E-state index >= 15 is 0 Å². The van der Waals surface area contributed by atoms with Gasteiger partial charge in [0.15, 0.2) is 5.82 Å². The molecule has 1 heterocycles. The minimum Gasteiger partial charge on any atom is -0.305 e. The van der Waals surface area contributed by atoms with Crippen LogP contribution in [-0.2, 0) is 15.4 Å². The van der Waals surface area contributed by atoms with Gasteiger partial charge in [-0.1, -0.05) is 39.0 Å². The molecule has 30 heavy (non-hydrogen) atoms.